The van der Waals surface area contributed by atoms with Crippen molar-refractivity contribution in [2.24, 2.45) is 22.9 Å². The summed E-state index contributed by atoms with van der Waals surface area (Å²) in [5, 5.41) is 33.2. The smallest absolute Gasteiger partial charge is 0.323 e. The van der Waals surface area contributed by atoms with Crippen LogP contribution in [0.5, 0.6) is 0 Å². The van der Waals surface area contributed by atoms with E-state index in [0.717, 1.165) is 5.56 Å². The normalized spacial score (nSPS) is 13.8. The van der Waals surface area contributed by atoms with Crippen molar-refractivity contribution in [1.82, 2.24) is 0 Å². The van der Waals surface area contributed by atoms with Gasteiger partial charge in [-0.3, -0.25) is 19.2 Å². The number of carbonyl (C=O) groups is 4. The first-order valence-corrected chi connectivity index (χ1v) is 8.25. The number of hydrogen-bond acceptors (Lipinski definition) is 8. The fourth-order valence-corrected chi connectivity index (χ4v) is 1.47. The van der Waals surface area contributed by atoms with E-state index in [9.17, 15) is 19.2 Å². The zero-order chi connectivity index (χ0) is 23.1. The number of hydrogen-bond donors (Lipinski definition) is 8. The predicted octanol–water partition coefficient (Wildman–Crippen LogP) is -2.31. The van der Waals surface area contributed by atoms with Gasteiger partial charge in [-0.2, -0.15) is 0 Å². The number of carboxylic acids is 3. The molecule has 0 radical (unpaired) electrons. The molecule has 0 saturated carbocycles. The van der Waals surface area contributed by atoms with E-state index in [-0.39, 0.29) is 6.42 Å². The van der Waals surface area contributed by atoms with Crippen LogP contribution < -0.4 is 22.9 Å². The molecule has 12 nitrogen and oxygen atoms in total. The fourth-order valence-electron chi connectivity index (χ4n) is 1.47. The van der Waals surface area contributed by atoms with Gasteiger partial charge in [-0.25, -0.2) is 0 Å². The van der Waals surface area contributed by atoms with Crippen molar-refractivity contribution in [2.75, 3.05) is 0 Å². The van der Waals surface area contributed by atoms with E-state index in [2.05, 4.69) is 5.73 Å². The van der Waals surface area contributed by atoms with Gasteiger partial charge in [0.25, 0.3) is 0 Å². The molecule has 0 heterocycles. The van der Waals surface area contributed by atoms with Crippen LogP contribution in [0.1, 0.15) is 18.9 Å². The van der Waals surface area contributed by atoms with E-state index < -0.39 is 48.0 Å². The Morgan fingerprint density at radius 2 is 1.31 bits per heavy atom. The standard InChI is InChI=1S/C9H11NO2.C4H8N2O3.C4H9NO3/c10-8(9(11)12)6-7-4-2-1-3-5-7;5-2(4(8)9)1-3(6)7;1-2(6)3(5)4(7)8/h1-5,8H,6,10H2,(H,11,12);2H,1,5H2,(H2,6,7)(H,8,9);2-3,6H,5H2,1H3,(H,7,8)/t8-;2-;2-,3+/m001/s1. The molecule has 1 rings (SSSR count). The third-order valence-corrected chi connectivity index (χ3v) is 3.16. The Labute approximate surface area is 167 Å². The van der Waals surface area contributed by atoms with Gasteiger partial charge in [0.1, 0.15) is 18.1 Å². The SMILES string of the molecule is C[C@@H](O)[C@H](N)C(=O)O.NC(=O)C[C@H](N)C(=O)O.N[C@@H](Cc1ccccc1)C(=O)O. The molecule has 1 amide bonds. The van der Waals surface area contributed by atoms with Crippen molar-refractivity contribution in [1.29, 1.82) is 0 Å². The molecule has 12 heteroatoms. The van der Waals surface area contributed by atoms with Crippen LogP contribution in [-0.2, 0) is 25.6 Å². The second kappa shape index (κ2) is 14.9. The maximum Gasteiger partial charge on any atom is 0.323 e. The molecule has 0 bridgehead atoms. The summed E-state index contributed by atoms with van der Waals surface area (Å²) in [5.41, 5.74) is 20.8. The van der Waals surface area contributed by atoms with Crippen molar-refractivity contribution in [3.05, 3.63) is 35.9 Å². The van der Waals surface area contributed by atoms with Gasteiger partial charge in [0.15, 0.2) is 0 Å². The molecular formula is C17H28N4O8. The maximum atomic E-state index is 10.4. The first-order chi connectivity index (χ1) is 13.3. The molecule has 164 valence electrons. The van der Waals surface area contributed by atoms with Crippen LogP contribution in [0.4, 0.5) is 0 Å². The number of benzene rings is 1. The summed E-state index contributed by atoms with van der Waals surface area (Å²) < 4.78 is 0. The Morgan fingerprint density at radius 1 is 0.862 bits per heavy atom. The van der Waals surface area contributed by atoms with Crippen LogP contribution >= 0.6 is 0 Å². The highest BCUT2D eigenvalue weighted by Crippen LogP contribution is 2.01. The molecule has 0 aliphatic heterocycles. The minimum atomic E-state index is -1.21. The summed E-state index contributed by atoms with van der Waals surface area (Å²) >= 11 is 0. The molecule has 1 aromatic carbocycles. The molecule has 1 aromatic rings. The average Bonchev–Trinajstić information content (AvgIpc) is 2.62. The van der Waals surface area contributed by atoms with E-state index in [1.807, 2.05) is 30.3 Å². The van der Waals surface area contributed by atoms with Crippen LogP contribution in [0.3, 0.4) is 0 Å². The molecule has 0 aliphatic rings. The lowest BCUT2D eigenvalue weighted by Crippen LogP contribution is -2.39. The highest BCUT2D eigenvalue weighted by atomic mass is 16.4. The van der Waals surface area contributed by atoms with Gasteiger partial charge in [0.05, 0.1) is 12.5 Å². The van der Waals surface area contributed by atoms with Crippen LogP contribution in [0.25, 0.3) is 0 Å². The van der Waals surface area contributed by atoms with E-state index in [0.29, 0.717) is 6.42 Å². The van der Waals surface area contributed by atoms with Gasteiger partial charge < -0.3 is 43.4 Å². The van der Waals surface area contributed by atoms with Crippen LogP contribution in [-0.4, -0.2) is 68.5 Å². The molecule has 29 heavy (non-hydrogen) atoms. The number of primary amides is 1. The maximum absolute atomic E-state index is 10.4. The van der Waals surface area contributed by atoms with Crippen LogP contribution in [0, 0.1) is 0 Å². The number of nitrogens with two attached hydrogens (primary N) is 4. The molecule has 12 N–H and O–H groups in total. The van der Waals surface area contributed by atoms with Crippen molar-refractivity contribution >= 4 is 23.8 Å². The van der Waals surface area contributed by atoms with E-state index >= 15 is 0 Å². The summed E-state index contributed by atoms with van der Waals surface area (Å²) in [4.78, 5) is 40.1. The Kier molecular flexibility index (Phi) is 14.5. The van der Waals surface area contributed by atoms with Gasteiger partial charge in [0.2, 0.25) is 5.91 Å². The third kappa shape index (κ3) is 15.7. The summed E-state index contributed by atoms with van der Waals surface area (Å²) in [6.45, 7) is 1.33. The number of aliphatic hydroxyl groups is 1. The third-order valence-electron chi connectivity index (χ3n) is 3.16. The Balaban J connectivity index is 0. The van der Waals surface area contributed by atoms with Crippen LogP contribution in [0.2, 0.25) is 0 Å². The summed E-state index contributed by atoms with van der Waals surface area (Å²) in [7, 11) is 0. The zero-order valence-electron chi connectivity index (χ0n) is 15.8. The molecule has 0 fully saturated rings. The summed E-state index contributed by atoms with van der Waals surface area (Å²) in [5.74, 6) is -4.06. The first kappa shape index (κ1) is 28.2. The van der Waals surface area contributed by atoms with E-state index in [1.54, 1.807) is 0 Å². The number of aliphatic hydroxyl groups excluding tert-OH is 1. The molecule has 0 aromatic heterocycles. The Morgan fingerprint density at radius 3 is 1.55 bits per heavy atom. The number of amides is 1. The first-order valence-electron chi connectivity index (χ1n) is 8.25. The molecule has 0 aliphatic carbocycles. The number of carbonyl (C=O) groups excluding carboxylic acids is 1. The molecule has 4 atom stereocenters. The monoisotopic (exact) mass is 416 g/mol. The highest BCUT2D eigenvalue weighted by molar-refractivity contribution is 5.83. The minimum absolute atomic E-state index is 0.310. The lowest BCUT2D eigenvalue weighted by atomic mass is 10.1. The summed E-state index contributed by atoms with van der Waals surface area (Å²) in [6, 6.07) is 6.22. The lowest BCUT2D eigenvalue weighted by Gasteiger charge is -2.06. The van der Waals surface area contributed by atoms with Gasteiger partial charge in [-0.15, -0.1) is 0 Å². The highest BCUT2D eigenvalue weighted by Gasteiger charge is 2.16. The molecule has 0 unspecified atom stereocenters. The van der Waals surface area contributed by atoms with Gasteiger partial charge in [0, 0.05) is 0 Å². The van der Waals surface area contributed by atoms with E-state index in [1.165, 1.54) is 6.92 Å². The van der Waals surface area contributed by atoms with Crippen molar-refractivity contribution in [3.8, 4) is 0 Å². The molecular weight excluding hydrogens is 388 g/mol. The fraction of sp³-hybridized carbons (Fsp3) is 0.412. The van der Waals surface area contributed by atoms with Crippen molar-refractivity contribution < 1.29 is 39.6 Å². The minimum Gasteiger partial charge on any atom is -0.480 e. The quantitative estimate of drug-likeness (QED) is 0.223. The van der Waals surface area contributed by atoms with Crippen molar-refractivity contribution in [2.45, 2.75) is 44.0 Å². The predicted molar refractivity (Wildman–Crippen MR) is 102 cm³/mol. The molecule has 0 saturated heterocycles. The topological polar surface area (TPSA) is 253 Å². The van der Waals surface area contributed by atoms with Gasteiger partial charge >= 0.3 is 17.9 Å². The zero-order valence-corrected chi connectivity index (χ0v) is 15.8. The van der Waals surface area contributed by atoms with Crippen molar-refractivity contribution in [3.63, 3.8) is 0 Å². The number of aliphatic carboxylic acids is 3. The Bertz CT molecular complexity index is 654. The van der Waals surface area contributed by atoms with Gasteiger partial charge in [-0.1, -0.05) is 30.3 Å². The summed E-state index contributed by atoms with van der Waals surface area (Å²) in [6.07, 6.45) is -0.904. The average molecular weight is 416 g/mol. The largest absolute Gasteiger partial charge is 0.480 e. The number of rotatable bonds is 8. The van der Waals surface area contributed by atoms with Gasteiger partial charge in [-0.05, 0) is 18.9 Å². The number of carboxylic acid groups (broad SMARTS) is 3. The van der Waals surface area contributed by atoms with E-state index in [4.69, 9.17) is 37.6 Å². The van der Waals surface area contributed by atoms with Crippen LogP contribution in [0.15, 0.2) is 30.3 Å². The second-order valence-electron chi connectivity index (χ2n) is 5.85. The lowest BCUT2D eigenvalue weighted by molar-refractivity contribution is -0.141. The molecule has 0 spiro atoms. The second-order valence-corrected chi connectivity index (χ2v) is 5.85. The Hall–Kier alpha value is -3.06.